The number of ether oxygens (including phenoxy) is 2. The maximum absolute atomic E-state index is 13.3. The molecule has 8 rings (SSSR count). The lowest BCUT2D eigenvalue weighted by atomic mass is 9.75. The molecule has 4 heterocycles. The van der Waals surface area contributed by atoms with Crippen molar-refractivity contribution in [2.75, 3.05) is 26.3 Å². The first kappa shape index (κ1) is 53.6. The van der Waals surface area contributed by atoms with Gasteiger partial charge in [0.15, 0.2) is 0 Å². The van der Waals surface area contributed by atoms with Crippen molar-refractivity contribution in [2.24, 2.45) is 0 Å². The fraction of sp³-hybridized carbons (Fsp3) is 0.480. The third-order valence-corrected chi connectivity index (χ3v) is 14.0. The number of hydrogen-bond donors (Lipinski definition) is 4. The van der Waals surface area contributed by atoms with Crippen LogP contribution in [0.4, 0.5) is 52.7 Å². The van der Waals surface area contributed by atoms with Crippen molar-refractivity contribution in [3.63, 3.8) is 0 Å². The molecule has 0 radical (unpaired) electrons. The van der Waals surface area contributed by atoms with Gasteiger partial charge in [-0.05, 0) is 111 Å². The molecule has 1 amide bonds. The van der Waals surface area contributed by atoms with Crippen LogP contribution in [-0.4, -0.2) is 49.3 Å². The number of hydrogen-bond acceptors (Lipinski definition) is 8. The molecule has 0 aromatic heterocycles. The fourth-order valence-corrected chi connectivity index (χ4v) is 9.51. The zero-order valence-electron chi connectivity index (χ0n) is 38.5. The Labute approximate surface area is 401 Å². The van der Waals surface area contributed by atoms with Gasteiger partial charge in [0.1, 0.15) is 0 Å². The van der Waals surface area contributed by atoms with Crippen LogP contribution < -0.4 is 21.4 Å². The Kier molecular flexibility index (Phi) is 15.4. The standard InChI is InChI=1S/C25H26F6N2O3.C25H26F6N2O2/c1-16(17-11-19(24(26,27)28)13-20(12-17)25(29,30)31)35-15-23(18-5-3-2-4-6-18)10-9-22(14-32-23)8-7-21(34)36-33-22;1-16(17-11-19(24(26,27)28)13-20(12-17)25(29,30)31)35-15-23(18-5-3-2-4-6-18)10-9-22(14-32-23)8-7-21(34)33-22/h2-6,11-13,16,32-33H,7-10,14-15H2,1H3;2-6,11-13,16,32H,7-10,14-15H2,1H3,(H,33,34)/t16-,22?,23-;16-,22-,23-/m11/s1. The van der Waals surface area contributed by atoms with Crippen LogP contribution in [0.1, 0.15) is 122 Å². The fourth-order valence-electron chi connectivity index (χ4n) is 9.51. The van der Waals surface area contributed by atoms with Crippen molar-refractivity contribution in [3.8, 4) is 0 Å². The number of nitrogens with one attached hydrogen (secondary N) is 4. The molecule has 4 aromatic rings. The molecule has 0 aliphatic carbocycles. The van der Waals surface area contributed by atoms with Gasteiger partial charge >= 0.3 is 30.7 Å². The molecule has 0 saturated carbocycles. The number of halogens is 12. The Morgan fingerprint density at radius 1 is 0.521 bits per heavy atom. The van der Waals surface area contributed by atoms with Crippen LogP contribution in [0.3, 0.4) is 0 Å². The van der Waals surface area contributed by atoms with Gasteiger partial charge in [-0.1, -0.05) is 60.7 Å². The summed E-state index contributed by atoms with van der Waals surface area (Å²) in [5, 5.41) is 9.98. The van der Waals surface area contributed by atoms with Crippen LogP contribution >= 0.6 is 0 Å². The smallest absolute Gasteiger partial charge is 0.372 e. The second-order valence-corrected chi connectivity index (χ2v) is 18.9. The third kappa shape index (κ3) is 12.7. The minimum Gasteiger partial charge on any atom is -0.372 e. The van der Waals surface area contributed by atoms with E-state index in [9.17, 15) is 62.3 Å². The number of benzene rings is 4. The molecule has 2 spiro atoms. The number of piperidine rings is 2. The predicted molar refractivity (Wildman–Crippen MR) is 234 cm³/mol. The maximum atomic E-state index is 13.3. The summed E-state index contributed by atoms with van der Waals surface area (Å²) in [6, 6.07) is 21.7. The number of carbonyl (C=O) groups excluding carboxylic acids is 2. The van der Waals surface area contributed by atoms with E-state index in [1.54, 1.807) is 0 Å². The SMILES string of the molecule is C[C@@H](OC[C@@]1(c2ccccc2)CCC2(CCC(=O)ON2)CN1)c1cc(C(F)(F)F)cc(C(F)(F)F)c1.C[C@@H](OC[C@@]1(c2ccccc2)CC[C@]2(CCC(=O)N2)CN1)c1cc(C(F)(F)F)cc(C(F)(F)F)c1. The topological polar surface area (TPSA) is 110 Å². The van der Waals surface area contributed by atoms with Gasteiger partial charge in [0.25, 0.3) is 0 Å². The molecule has 21 heteroatoms. The molecule has 4 aliphatic rings. The van der Waals surface area contributed by atoms with Gasteiger partial charge in [0, 0.05) is 25.9 Å². The normalized spacial score (nSPS) is 26.1. The Bertz CT molecular complexity index is 2410. The number of alkyl halides is 12. The first-order valence-corrected chi connectivity index (χ1v) is 22.9. The molecule has 4 fully saturated rings. The number of rotatable bonds is 10. The summed E-state index contributed by atoms with van der Waals surface area (Å²) in [6.07, 6.45) is -17.4. The van der Waals surface area contributed by atoms with Crippen LogP contribution in [0.2, 0.25) is 0 Å². The van der Waals surface area contributed by atoms with Crippen LogP contribution in [0.5, 0.6) is 0 Å². The van der Waals surface area contributed by atoms with Gasteiger partial charge < -0.3 is 30.3 Å². The first-order valence-electron chi connectivity index (χ1n) is 22.9. The van der Waals surface area contributed by atoms with E-state index in [-0.39, 0.29) is 60.3 Å². The number of hydroxylamine groups is 1. The van der Waals surface area contributed by atoms with Crippen LogP contribution in [0, 0.1) is 0 Å². The van der Waals surface area contributed by atoms with E-state index in [0.29, 0.717) is 82.3 Å². The van der Waals surface area contributed by atoms with E-state index < -0.39 is 75.8 Å². The van der Waals surface area contributed by atoms with E-state index in [1.807, 2.05) is 60.7 Å². The lowest BCUT2D eigenvalue weighted by molar-refractivity contribution is -0.167. The van der Waals surface area contributed by atoms with Gasteiger partial charge in [-0.3, -0.25) is 9.59 Å². The van der Waals surface area contributed by atoms with Crippen LogP contribution in [-0.2, 0) is 59.7 Å². The van der Waals surface area contributed by atoms with Gasteiger partial charge in [-0.2, -0.15) is 52.7 Å². The lowest BCUT2D eigenvalue weighted by Crippen LogP contribution is -2.64. The molecular formula is C50H52F12N4O5. The molecule has 71 heavy (non-hydrogen) atoms. The van der Waals surface area contributed by atoms with E-state index in [2.05, 4.69) is 21.4 Å². The molecular weight excluding hydrogens is 965 g/mol. The minimum absolute atomic E-state index is 0.00560. The van der Waals surface area contributed by atoms with Gasteiger partial charge in [0.2, 0.25) is 5.91 Å². The summed E-state index contributed by atoms with van der Waals surface area (Å²) in [7, 11) is 0. The van der Waals surface area contributed by atoms with E-state index >= 15 is 0 Å². The highest BCUT2D eigenvalue weighted by molar-refractivity contribution is 5.79. The zero-order chi connectivity index (χ0) is 51.7. The van der Waals surface area contributed by atoms with Crippen LogP contribution in [0.25, 0.3) is 0 Å². The quantitative estimate of drug-likeness (QED) is 0.116. The highest BCUT2D eigenvalue weighted by Crippen LogP contribution is 2.43. The molecule has 4 N–H and O–H groups in total. The monoisotopic (exact) mass is 1020 g/mol. The Morgan fingerprint density at radius 2 is 0.901 bits per heavy atom. The zero-order valence-corrected chi connectivity index (χ0v) is 38.5. The number of carbonyl (C=O) groups is 2. The second-order valence-electron chi connectivity index (χ2n) is 18.9. The van der Waals surface area contributed by atoms with E-state index in [4.69, 9.17) is 14.3 Å². The summed E-state index contributed by atoms with van der Waals surface area (Å²) in [5.41, 5.74) is -3.56. The van der Waals surface area contributed by atoms with E-state index in [1.165, 1.54) is 13.8 Å². The highest BCUT2D eigenvalue weighted by Gasteiger charge is 2.49. The molecule has 6 atom stereocenters. The molecule has 1 unspecified atom stereocenters. The number of amides is 1. The minimum atomic E-state index is -4.93. The van der Waals surface area contributed by atoms with Crippen LogP contribution in [0.15, 0.2) is 97.1 Å². The summed E-state index contributed by atoms with van der Waals surface area (Å²) in [6.45, 7) is 3.81. The first-order chi connectivity index (χ1) is 33.1. The van der Waals surface area contributed by atoms with Gasteiger partial charge in [0.05, 0.1) is 69.8 Å². The van der Waals surface area contributed by atoms with Crippen molar-refractivity contribution < 1.29 is 76.6 Å². The summed E-state index contributed by atoms with van der Waals surface area (Å²) in [5.74, 6) is -0.342. The van der Waals surface area contributed by atoms with E-state index in [0.717, 1.165) is 11.1 Å². The molecule has 4 aromatic carbocycles. The summed E-state index contributed by atoms with van der Waals surface area (Å²) in [4.78, 5) is 28.3. The molecule has 0 bridgehead atoms. The summed E-state index contributed by atoms with van der Waals surface area (Å²) < 4.78 is 171. The second kappa shape index (κ2) is 20.4. The van der Waals surface area contributed by atoms with Crippen molar-refractivity contribution in [1.29, 1.82) is 0 Å². The average molecular weight is 1020 g/mol. The Balaban J connectivity index is 0.000000209. The molecule has 4 aliphatic heterocycles. The largest absolute Gasteiger partial charge is 0.416 e. The average Bonchev–Trinajstić information content (AvgIpc) is 3.70. The van der Waals surface area contributed by atoms with Crippen molar-refractivity contribution >= 4 is 11.9 Å². The Hall–Kier alpha value is -5.22. The van der Waals surface area contributed by atoms with Gasteiger partial charge in [-0.15, -0.1) is 5.48 Å². The highest BCUT2D eigenvalue weighted by atomic mass is 19.4. The third-order valence-electron chi connectivity index (χ3n) is 14.0. The summed E-state index contributed by atoms with van der Waals surface area (Å²) >= 11 is 0. The molecule has 386 valence electrons. The van der Waals surface area contributed by atoms with Gasteiger partial charge in [-0.25, -0.2) is 0 Å². The van der Waals surface area contributed by atoms with Crippen molar-refractivity contribution in [3.05, 3.63) is 142 Å². The lowest BCUT2D eigenvalue weighted by Gasteiger charge is -2.48. The molecule has 4 saturated heterocycles. The Morgan fingerprint density at radius 3 is 1.21 bits per heavy atom. The maximum Gasteiger partial charge on any atom is 0.416 e. The molecule has 9 nitrogen and oxygen atoms in total. The van der Waals surface area contributed by atoms with Crippen molar-refractivity contribution in [1.82, 2.24) is 21.4 Å². The predicted octanol–water partition coefficient (Wildman–Crippen LogP) is 11.4. The van der Waals surface area contributed by atoms with Crippen molar-refractivity contribution in [2.45, 2.75) is 124 Å².